The molecular weight excluding hydrogens is 278 g/mol. The summed E-state index contributed by atoms with van der Waals surface area (Å²) in [5.74, 6) is -1.06. The van der Waals surface area contributed by atoms with E-state index in [0.29, 0.717) is 43.8 Å². The predicted octanol–water partition coefficient (Wildman–Crippen LogP) is 2.44. The number of hydrogen-bond acceptors (Lipinski definition) is 3. The predicted molar refractivity (Wildman–Crippen MR) is 77.7 cm³/mol. The van der Waals surface area contributed by atoms with Gasteiger partial charge in [-0.3, -0.25) is 4.79 Å². The van der Waals surface area contributed by atoms with Gasteiger partial charge in [-0.1, -0.05) is 29.8 Å². The zero-order chi connectivity index (χ0) is 14.6. The summed E-state index contributed by atoms with van der Waals surface area (Å²) in [6, 6.07) is 7.59. The van der Waals surface area contributed by atoms with E-state index in [-0.39, 0.29) is 5.92 Å². The topological polar surface area (TPSA) is 69.6 Å². The molecule has 20 heavy (non-hydrogen) atoms. The molecule has 1 aromatic rings. The van der Waals surface area contributed by atoms with Gasteiger partial charge in [-0.25, -0.2) is 0 Å². The fraction of sp³-hybridized carbons (Fsp3) is 0.533. The first-order valence-corrected chi connectivity index (χ1v) is 7.27. The SMILES string of the molecule is O=C(O)C1CCC(O)(CNCc2ccccc2Cl)CC1. The summed E-state index contributed by atoms with van der Waals surface area (Å²) in [7, 11) is 0. The Morgan fingerprint density at radius 1 is 1.35 bits per heavy atom. The number of rotatable bonds is 5. The maximum atomic E-state index is 10.9. The number of hydrogen-bond donors (Lipinski definition) is 3. The van der Waals surface area contributed by atoms with Crippen LogP contribution in [0.25, 0.3) is 0 Å². The van der Waals surface area contributed by atoms with E-state index in [1.807, 2.05) is 24.3 Å². The molecule has 0 aromatic heterocycles. The van der Waals surface area contributed by atoms with Gasteiger partial charge in [-0.05, 0) is 37.3 Å². The Bertz CT molecular complexity index is 470. The standard InChI is InChI=1S/C15H20ClNO3/c16-13-4-2-1-3-12(13)9-17-10-15(20)7-5-11(6-8-15)14(18)19/h1-4,11,17,20H,5-10H2,(H,18,19). The summed E-state index contributed by atoms with van der Waals surface area (Å²) >= 11 is 6.07. The van der Waals surface area contributed by atoms with Crippen LogP contribution in [0, 0.1) is 5.92 Å². The van der Waals surface area contributed by atoms with Crippen molar-refractivity contribution in [3.05, 3.63) is 34.9 Å². The lowest BCUT2D eigenvalue weighted by Gasteiger charge is -2.34. The molecule has 1 aliphatic rings. The fourth-order valence-electron chi connectivity index (χ4n) is 2.65. The first-order valence-electron chi connectivity index (χ1n) is 6.89. The zero-order valence-corrected chi connectivity index (χ0v) is 12.1. The van der Waals surface area contributed by atoms with Crippen LogP contribution in [0.4, 0.5) is 0 Å². The summed E-state index contributed by atoms with van der Waals surface area (Å²) in [5, 5.41) is 23.3. The van der Waals surface area contributed by atoms with Crippen LogP contribution < -0.4 is 5.32 Å². The second kappa shape index (κ2) is 6.57. The highest BCUT2D eigenvalue weighted by Gasteiger charge is 2.35. The maximum Gasteiger partial charge on any atom is 0.306 e. The third-order valence-electron chi connectivity index (χ3n) is 3.99. The second-order valence-corrected chi connectivity index (χ2v) is 5.94. The molecule has 1 aliphatic carbocycles. The van der Waals surface area contributed by atoms with Crippen molar-refractivity contribution in [3.8, 4) is 0 Å². The van der Waals surface area contributed by atoms with Crippen molar-refractivity contribution >= 4 is 17.6 Å². The molecule has 0 radical (unpaired) electrons. The van der Waals surface area contributed by atoms with E-state index in [9.17, 15) is 9.90 Å². The number of carboxylic acids is 1. The van der Waals surface area contributed by atoms with Crippen molar-refractivity contribution in [3.63, 3.8) is 0 Å². The van der Waals surface area contributed by atoms with E-state index < -0.39 is 11.6 Å². The molecule has 0 saturated heterocycles. The lowest BCUT2D eigenvalue weighted by atomic mass is 9.79. The highest BCUT2D eigenvalue weighted by Crippen LogP contribution is 2.31. The molecule has 3 N–H and O–H groups in total. The minimum Gasteiger partial charge on any atom is -0.481 e. The Morgan fingerprint density at radius 2 is 2.00 bits per heavy atom. The highest BCUT2D eigenvalue weighted by molar-refractivity contribution is 6.31. The van der Waals surface area contributed by atoms with E-state index in [4.69, 9.17) is 16.7 Å². The lowest BCUT2D eigenvalue weighted by molar-refractivity contribution is -0.144. The molecule has 5 heteroatoms. The first-order chi connectivity index (χ1) is 9.50. The summed E-state index contributed by atoms with van der Waals surface area (Å²) in [6.07, 6.45) is 2.14. The Balaban J connectivity index is 1.80. The van der Waals surface area contributed by atoms with Crippen molar-refractivity contribution in [2.24, 2.45) is 5.92 Å². The number of halogens is 1. The molecule has 0 spiro atoms. The van der Waals surface area contributed by atoms with Gasteiger partial charge in [0, 0.05) is 18.1 Å². The monoisotopic (exact) mass is 297 g/mol. The van der Waals surface area contributed by atoms with Crippen LogP contribution >= 0.6 is 11.6 Å². The lowest BCUT2D eigenvalue weighted by Crippen LogP contribution is -2.44. The van der Waals surface area contributed by atoms with Crippen LogP contribution in [0.2, 0.25) is 5.02 Å². The first kappa shape index (κ1) is 15.3. The molecule has 2 rings (SSSR count). The average molecular weight is 298 g/mol. The smallest absolute Gasteiger partial charge is 0.306 e. The minimum absolute atomic E-state index is 0.307. The normalized spacial score (nSPS) is 26.4. The van der Waals surface area contributed by atoms with Crippen LogP contribution in [0.1, 0.15) is 31.2 Å². The molecule has 0 atom stereocenters. The summed E-state index contributed by atoms with van der Waals surface area (Å²) in [4.78, 5) is 10.9. The molecular formula is C15H20ClNO3. The van der Waals surface area contributed by atoms with E-state index in [1.165, 1.54) is 0 Å². The molecule has 0 bridgehead atoms. The molecule has 0 amide bonds. The van der Waals surface area contributed by atoms with Crippen LogP contribution in [0.15, 0.2) is 24.3 Å². The Kier molecular flexibility index (Phi) is 5.02. The molecule has 1 saturated carbocycles. The molecule has 0 heterocycles. The molecule has 4 nitrogen and oxygen atoms in total. The van der Waals surface area contributed by atoms with Gasteiger partial charge in [0.15, 0.2) is 0 Å². The number of aliphatic carboxylic acids is 1. The van der Waals surface area contributed by atoms with Gasteiger partial charge in [0.05, 0.1) is 11.5 Å². The molecule has 1 aromatic carbocycles. The third kappa shape index (κ3) is 3.95. The van der Waals surface area contributed by atoms with Crippen molar-refractivity contribution in [2.45, 2.75) is 37.8 Å². The summed E-state index contributed by atoms with van der Waals surface area (Å²) in [5.41, 5.74) is 0.199. The number of carbonyl (C=O) groups is 1. The Morgan fingerprint density at radius 3 is 2.60 bits per heavy atom. The number of aliphatic hydroxyl groups is 1. The number of benzene rings is 1. The molecule has 1 fully saturated rings. The Labute approximate surface area is 123 Å². The van der Waals surface area contributed by atoms with Gasteiger partial charge in [-0.15, -0.1) is 0 Å². The minimum atomic E-state index is -0.798. The van der Waals surface area contributed by atoms with Crippen LogP contribution in [-0.2, 0) is 11.3 Å². The average Bonchev–Trinajstić information content (AvgIpc) is 2.41. The largest absolute Gasteiger partial charge is 0.481 e. The van der Waals surface area contributed by atoms with Gasteiger partial charge in [0.1, 0.15) is 0 Å². The van der Waals surface area contributed by atoms with Crippen molar-refractivity contribution in [1.82, 2.24) is 5.32 Å². The van der Waals surface area contributed by atoms with E-state index in [1.54, 1.807) is 0 Å². The van der Waals surface area contributed by atoms with Gasteiger partial charge < -0.3 is 15.5 Å². The van der Waals surface area contributed by atoms with Crippen molar-refractivity contribution in [2.75, 3.05) is 6.54 Å². The van der Waals surface area contributed by atoms with Crippen molar-refractivity contribution < 1.29 is 15.0 Å². The second-order valence-electron chi connectivity index (χ2n) is 5.53. The van der Waals surface area contributed by atoms with Gasteiger partial charge in [-0.2, -0.15) is 0 Å². The van der Waals surface area contributed by atoms with Gasteiger partial charge >= 0.3 is 5.97 Å². The zero-order valence-electron chi connectivity index (χ0n) is 11.3. The van der Waals surface area contributed by atoms with Gasteiger partial charge in [0.2, 0.25) is 0 Å². The fourth-order valence-corrected chi connectivity index (χ4v) is 2.85. The van der Waals surface area contributed by atoms with Gasteiger partial charge in [0.25, 0.3) is 0 Å². The van der Waals surface area contributed by atoms with Crippen LogP contribution in [0.5, 0.6) is 0 Å². The summed E-state index contributed by atoms with van der Waals surface area (Å²) in [6.45, 7) is 1.06. The summed E-state index contributed by atoms with van der Waals surface area (Å²) < 4.78 is 0. The molecule has 110 valence electrons. The number of carboxylic acid groups (broad SMARTS) is 1. The number of nitrogens with one attached hydrogen (secondary N) is 1. The van der Waals surface area contributed by atoms with Crippen LogP contribution in [0.3, 0.4) is 0 Å². The third-order valence-corrected chi connectivity index (χ3v) is 4.36. The van der Waals surface area contributed by atoms with Crippen molar-refractivity contribution in [1.29, 1.82) is 0 Å². The van der Waals surface area contributed by atoms with E-state index in [0.717, 1.165) is 5.56 Å². The molecule has 0 unspecified atom stereocenters. The van der Waals surface area contributed by atoms with Crippen LogP contribution in [-0.4, -0.2) is 28.3 Å². The molecule has 0 aliphatic heterocycles. The van der Waals surface area contributed by atoms with E-state index >= 15 is 0 Å². The van der Waals surface area contributed by atoms with E-state index in [2.05, 4.69) is 5.32 Å². The maximum absolute atomic E-state index is 10.9. The quantitative estimate of drug-likeness (QED) is 0.781. The highest BCUT2D eigenvalue weighted by atomic mass is 35.5. The Hall–Kier alpha value is -1.10.